The molecule has 2 heterocycles. The Morgan fingerprint density at radius 1 is 1.08 bits per heavy atom. The van der Waals surface area contributed by atoms with Crippen molar-refractivity contribution in [3.63, 3.8) is 0 Å². The van der Waals surface area contributed by atoms with E-state index in [0.717, 1.165) is 29.7 Å². The second-order valence-electron chi connectivity index (χ2n) is 8.94. The average Bonchev–Trinajstić information content (AvgIpc) is 2.89. The van der Waals surface area contributed by atoms with Gasteiger partial charge < -0.3 is 25.0 Å². The molecule has 3 aromatic rings. The van der Waals surface area contributed by atoms with Gasteiger partial charge >= 0.3 is 6.18 Å². The average molecular weight is 531 g/mol. The second kappa shape index (κ2) is 12.1. The van der Waals surface area contributed by atoms with E-state index in [1.807, 2.05) is 25.1 Å². The van der Waals surface area contributed by atoms with Crippen molar-refractivity contribution in [2.45, 2.75) is 45.6 Å². The number of amides is 1. The van der Waals surface area contributed by atoms with E-state index in [-0.39, 0.29) is 17.8 Å². The third kappa shape index (κ3) is 7.78. The molecular weight excluding hydrogens is 501 g/mol. The highest BCUT2D eigenvalue weighted by Crippen LogP contribution is 2.26. The lowest BCUT2D eigenvalue weighted by Gasteiger charge is -2.32. The molecule has 1 fully saturated rings. The molecule has 1 aromatic heterocycles. The number of hydrogen-bond acceptors (Lipinski definition) is 8. The van der Waals surface area contributed by atoms with E-state index >= 15 is 0 Å². The number of aromatic nitrogens is 3. The predicted molar refractivity (Wildman–Crippen MR) is 137 cm³/mol. The molecule has 202 valence electrons. The third-order valence-electron chi connectivity index (χ3n) is 5.99. The van der Waals surface area contributed by atoms with Gasteiger partial charge in [-0.05, 0) is 55.2 Å². The topological polar surface area (TPSA) is 102 Å². The van der Waals surface area contributed by atoms with Gasteiger partial charge in [0.15, 0.2) is 6.61 Å². The Morgan fingerprint density at radius 2 is 1.79 bits per heavy atom. The number of piperidine rings is 1. The van der Waals surface area contributed by atoms with Crippen molar-refractivity contribution in [3.8, 4) is 5.75 Å². The van der Waals surface area contributed by atoms with Crippen molar-refractivity contribution in [1.82, 2.24) is 15.0 Å². The Labute approximate surface area is 218 Å². The first kappa shape index (κ1) is 27.1. The largest absolute Gasteiger partial charge is 0.484 e. The Hall–Kier alpha value is -3.93. The standard InChI is InChI=1S/C26H29F3N6O3/c1-17-22(32-18(2)36)4-3-5-23(17)33-24-30-16-31-25(34-24)35-12-10-21(11-13-35)37-14-19-6-8-20(9-7-19)38-15-26(27,28)29/h3-9,16,21H,10-15H2,1-2H3,(H,32,36)(H,30,31,33,34). The van der Waals surface area contributed by atoms with Crippen LogP contribution in [0.2, 0.25) is 0 Å². The van der Waals surface area contributed by atoms with Gasteiger partial charge in [-0.15, -0.1) is 0 Å². The fourth-order valence-electron chi connectivity index (χ4n) is 4.00. The van der Waals surface area contributed by atoms with E-state index in [0.29, 0.717) is 37.3 Å². The van der Waals surface area contributed by atoms with Gasteiger partial charge in [-0.3, -0.25) is 4.79 Å². The minimum Gasteiger partial charge on any atom is -0.484 e. The van der Waals surface area contributed by atoms with Crippen LogP contribution in [0.5, 0.6) is 5.75 Å². The quantitative estimate of drug-likeness (QED) is 0.398. The van der Waals surface area contributed by atoms with Gasteiger partial charge in [0.1, 0.15) is 12.1 Å². The van der Waals surface area contributed by atoms with Crippen LogP contribution in [0, 0.1) is 6.92 Å². The number of carbonyl (C=O) groups excluding carboxylic acids is 1. The summed E-state index contributed by atoms with van der Waals surface area (Å²) in [5.74, 6) is 0.985. The van der Waals surface area contributed by atoms with Crippen LogP contribution >= 0.6 is 0 Å². The Balaban J connectivity index is 1.27. The number of rotatable bonds is 9. The van der Waals surface area contributed by atoms with Crippen molar-refractivity contribution in [1.29, 1.82) is 0 Å². The number of carbonyl (C=O) groups is 1. The van der Waals surface area contributed by atoms with Gasteiger partial charge in [0, 0.05) is 31.4 Å². The van der Waals surface area contributed by atoms with Crippen LogP contribution in [-0.4, -0.2) is 52.8 Å². The van der Waals surface area contributed by atoms with Crippen molar-refractivity contribution >= 4 is 29.2 Å². The molecule has 1 aliphatic heterocycles. The minimum absolute atomic E-state index is 0.0472. The summed E-state index contributed by atoms with van der Waals surface area (Å²) in [5.41, 5.74) is 3.22. The maximum Gasteiger partial charge on any atom is 0.422 e. The zero-order chi connectivity index (χ0) is 27.1. The van der Waals surface area contributed by atoms with E-state index in [1.165, 1.54) is 25.4 Å². The van der Waals surface area contributed by atoms with E-state index in [1.54, 1.807) is 12.1 Å². The number of nitrogens with one attached hydrogen (secondary N) is 2. The van der Waals surface area contributed by atoms with Crippen LogP contribution in [0.15, 0.2) is 48.8 Å². The summed E-state index contributed by atoms with van der Waals surface area (Å²) in [7, 11) is 0. The van der Waals surface area contributed by atoms with Crippen molar-refractivity contribution < 1.29 is 27.4 Å². The first-order chi connectivity index (χ1) is 18.2. The molecule has 0 bridgehead atoms. The van der Waals surface area contributed by atoms with E-state index < -0.39 is 12.8 Å². The molecule has 0 unspecified atom stereocenters. The second-order valence-corrected chi connectivity index (χ2v) is 8.94. The first-order valence-electron chi connectivity index (χ1n) is 12.1. The Kier molecular flexibility index (Phi) is 8.62. The summed E-state index contributed by atoms with van der Waals surface area (Å²) in [6.45, 7) is 3.82. The van der Waals surface area contributed by atoms with Crippen LogP contribution in [0.1, 0.15) is 30.9 Å². The Morgan fingerprint density at radius 3 is 2.47 bits per heavy atom. The van der Waals surface area contributed by atoms with E-state index in [9.17, 15) is 18.0 Å². The summed E-state index contributed by atoms with van der Waals surface area (Å²) in [6, 6.07) is 12.0. The molecule has 0 spiro atoms. The van der Waals surface area contributed by atoms with Crippen LogP contribution in [0.25, 0.3) is 0 Å². The lowest BCUT2D eigenvalue weighted by atomic mass is 10.1. The summed E-state index contributed by atoms with van der Waals surface area (Å²) in [5, 5.41) is 6.01. The first-order valence-corrected chi connectivity index (χ1v) is 12.1. The smallest absolute Gasteiger partial charge is 0.422 e. The number of halogens is 3. The predicted octanol–water partition coefficient (Wildman–Crippen LogP) is 5.01. The highest BCUT2D eigenvalue weighted by atomic mass is 19.4. The SMILES string of the molecule is CC(=O)Nc1cccc(Nc2ncnc(N3CCC(OCc4ccc(OCC(F)(F)F)cc4)CC3)n2)c1C. The summed E-state index contributed by atoms with van der Waals surface area (Å²) in [6.07, 6.45) is -1.30. The van der Waals surface area contributed by atoms with Gasteiger partial charge in [-0.25, -0.2) is 9.97 Å². The zero-order valence-electron chi connectivity index (χ0n) is 21.1. The number of hydrogen-bond donors (Lipinski definition) is 2. The fourth-order valence-corrected chi connectivity index (χ4v) is 4.00. The van der Waals surface area contributed by atoms with Gasteiger partial charge in [0.25, 0.3) is 0 Å². The highest BCUT2D eigenvalue weighted by Gasteiger charge is 2.28. The number of anilines is 4. The van der Waals surface area contributed by atoms with Crippen molar-refractivity contribution in [2.75, 3.05) is 35.2 Å². The van der Waals surface area contributed by atoms with Crippen molar-refractivity contribution in [3.05, 3.63) is 59.9 Å². The molecule has 0 atom stereocenters. The number of nitrogens with zero attached hydrogens (tertiary/aromatic N) is 4. The van der Waals surface area contributed by atoms with Gasteiger partial charge in [-0.1, -0.05) is 18.2 Å². The molecule has 38 heavy (non-hydrogen) atoms. The molecule has 2 aromatic carbocycles. The molecule has 0 aliphatic carbocycles. The summed E-state index contributed by atoms with van der Waals surface area (Å²) >= 11 is 0. The molecule has 1 saturated heterocycles. The number of alkyl halides is 3. The van der Waals surface area contributed by atoms with Crippen LogP contribution in [-0.2, 0) is 16.1 Å². The molecule has 0 saturated carbocycles. The molecule has 0 radical (unpaired) electrons. The van der Waals surface area contributed by atoms with Crippen LogP contribution < -0.4 is 20.3 Å². The third-order valence-corrected chi connectivity index (χ3v) is 5.99. The van der Waals surface area contributed by atoms with Gasteiger partial charge in [0.05, 0.1) is 12.7 Å². The van der Waals surface area contributed by atoms with Crippen molar-refractivity contribution in [2.24, 2.45) is 0 Å². The summed E-state index contributed by atoms with van der Waals surface area (Å²) < 4.78 is 47.6. The van der Waals surface area contributed by atoms with Gasteiger partial charge in [-0.2, -0.15) is 18.2 Å². The van der Waals surface area contributed by atoms with E-state index in [2.05, 4.69) is 30.5 Å². The molecule has 12 heteroatoms. The zero-order valence-corrected chi connectivity index (χ0v) is 21.1. The number of benzene rings is 2. The lowest BCUT2D eigenvalue weighted by Crippen LogP contribution is -2.38. The number of ether oxygens (including phenoxy) is 2. The van der Waals surface area contributed by atoms with Gasteiger partial charge in [0.2, 0.25) is 17.8 Å². The maximum atomic E-state index is 12.3. The van der Waals surface area contributed by atoms with E-state index in [4.69, 9.17) is 9.47 Å². The molecule has 1 amide bonds. The minimum atomic E-state index is -4.37. The van der Waals surface area contributed by atoms with Crippen LogP contribution in [0.4, 0.5) is 36.4 Å². The monoisotopic (exact) mass is 530 g/mol. The molecule has 4 rings (SSSR count). The Bertz CT molecular complexity index is 1230. The lowest BCUT2D eigenvalue weighted by molar-refractivity contribution is -0.153. The summed E-state index contributed by atoms with van der Waals surface area (Å²) in [4.78, 5) is 26.6. The normalized spacial score (nSPS) is 14.3. The van der Waals surface area contributed by atoms with Crippen LogP contribution in [0.3, 0.4) is 0 Å². The highest BCUT2D eigenvalue weighted by molar-refractivity contribution is 5.90. The molecule has 2 N–H and O–H groups in total. The molecular formula is C26H29F3N6O3. The molecule has 1 aliphatic rings. The maximum absolute atomic E-state index is 12.3. The molecule has 9 nitrogen and oxygen atoms in total. The fraction of sp³-hybridized carbons (Fsp3) is 0.385.